The molecule has 1 amide bonds. The van der Waals surface area contributed by atoms with Crippen LogP contribution < -0.4 is 19.1 Å². The Morgan fingerprint density at radius 2 is 1.66 bits per heavy atom. The molecule has 1 N–H and O–H groups in total. The molecule has 2 aromatic carbocycles. The van der Waals surface area contributed by atoms with E-state index in [0.29, 0.717) is 17.2 Å². The number of rotatable bonds is 8. The van der Waals surface area contributed by atoms with E-state index >= 15 is 0 Å². The molecule has 158 valence electrons. The van der Waals surface area contributed by atoms with Crippen molar-refractivity contribution in [2.24, 2.45) is 0 Å². The Hall–Kier alpha value is -2.74. The van der Waals surface area contributed by atoms with Gasteiger partial charge in [-0.15, -0.1) is 0 Å². The number of para-hydroxylation sites is 1. The van der Waals surface area contributed by atoms with Crippen molar-refractivity contribution in [2.75, 3.05) is 31.3 Å². The summed E-state index contributed by atoms with van der Waals surface area (Å²) in [5, 5.41) is 2.85. The molecule has 0 aliphatic rings. The van der Waals surface area contributed by atoms with Crippen LogP contribution in [0.4, 0.5) is 5.69 Å². The fourth-order valence-corrected chi connectivity index (χ4v) is 4.16. The van der Waals surface area contributed by atoms with Crippen LogP contribution in [-0.4, -0.2) is 41.3 Å². The van der Waals surface area contributed by atoms with Crippen LogP contribution in [0.15, 0.2) is 36.4 Å². The molecule has 0 saturated carbocycles. The van der Waals surface area contributed by atoms with E-state index in [0.717, 1.165) is 27.3 Å². The lowest BCUT2D eigenvalue weighted by Gasteiger charge is -2.26. The number of hydrogen-bond acceptors (Lipinski definition) is 5. The molecule has 0 bridgehead atoms. The lowest BCUT2D eigenvalue weighted by Crippen LogP contribution is -2.41. The Bertz CT molecular complexity index is 968. The number of hydrogen-bond donors (Lipinski definition) is 1. The molecule has 0 unspecified atom stereocenters. The van der Waals surface area contributed by atoms with Crippen LogP contribution in [0.5, 0.6) is 11.5 Å². The zero-order valence-corrected chi connectivity index (χ0v) is 18.5. The van der Waals surface area contributed by atoms with Gasteiger partial charge in [0.15, 0.2) is 11.5 Å². The third kappa shape index (κ3) is 5.41. The molecule has 0 spiro atoms. The Balaban J connectivity index is 2.23. The molecule has 0 saturated heterocycles. The van der Waals surface area contributed by atoms with Crippen molar-refractivity contribution in [2.45, 2.75) is 26.8 Å². The second-order valence-corrected chi connectivity index (χ2v) is 8.82. The molecule has 2 aromatic rings. The zero-order chi connectivity index (χ0) is 21.8. The maximum absolute atomic E-state index is 12.7. The molecule has 29 heavy (non-hydrogen) atoms. The van der Waals surface area contributed by atoms with Gasteiger partial charge < -0.3 is 14.8 Å². The Morgan fingerprint density at radius 1 is 1.07 bits per heavy atom. The first-order valence-corrected chi connectivity index (χ1v) is 11.0. The Labute approximate surface area is 172 Å². The Morgan fingerprint density at radius 3 is 2.17 bits per heavy atom. The van der Waals surface area contributed by atoms with Gasteiger partial charge in [-0.25, -0.2) is 8.42 Å². The average Bonchev–Trinajstić information content (AvgIpc) is 2.65. The summed E-state index contributed by atoms with van der Waals surface area (Å²) < 4.78 is 36.5. The number of sulfonamides is 1. The summed E-state index contributed by atoms with van der Waals surface area (Å²) in [4.78, 5) is 12.7. The van der Waals surface area contributed by atoms with Crippen LogP contribution in [0.2, 0.25) is 0 Å². The maximum Gasteiger partial charge on any atom is 0.241 e. The van der Waals surface area contributed by atoms with Crippen molar-refractivity contribution in [3.63, 3.8) is 0 Å². The summed E-state index contributed by atoms with van der Waals surface area (Å²) in [5.74, 6) is 0.743. The van der Waals surface area contributed by atoms with E-state index in [1.54, 1.807) is 26.4 Å². The first kappa shape index (κ1) is 22.5. The van der Waals surface area contributed by atoms with Gasteiger partial charge in [-0.3, -0.25) is 9.10 Å². The fraction of sp³-hybridized carbons (Fsp3) is 0.381. The number of benzene rings is 2. The summed E-state index contributed by atoms with van der Waals surface area (Å²) in [7, 11) is -0.549. The second-order valence-electron chi connectivity index (χ2n) is 6.91. The first-order chi connectivity index (χ1) is 13.6. The first-order valence-electron chi connectivity index (χ1n) is 9.13. The van der Waals surface area contributed by atoms with Gasteiger partial charge in [0.05, 0.1) is 32.2 Å². The lowest BCUT2D eigenvalue weighted by molar-refractivity contribution is -0.120. The van der Waals surface area contributed by atoms with Crippen LogP contribution in [0.3, 0.4) is 0 Å². The molecule has 0 radical (unpaired) electrons. The van der Waals surface area contributed by atoms with Crippen LogP contribution in [0, 0.1) is 13.8 Å². The van der Waals surface area contributed by atoms with E-state index in [4.69, 9.17) is 9.47 Å². The summed E-state index contributed by atoms with van der Waals surface area (Å²) in [6.07, 6.45) is 1.10. The van der Waals surface area contributed by atoms with Crippen LogP contribution in [0.1, 0.15) is 29.7 Å². The van der Waals surface area contributed by atoms with E-state index in [-0.39, 0.29) is 12.6 Å². The van der Waals surface area contributed by atoms with Gasteiger partial charge in [0.2, 0.25) is 15.9 Å². The number of anilines is 1. The summed E-state index contributed by atoms with van der Waals surface area (Å²) >= 11 is 0. The van der Waals surface area contributed by atoms with E-state index in [2.05, 4.69) is 5.32 Å². The number of aryl methyl sites for hydroxylation is 2. The monoisotopic (exact) mass is 420 g/mol. The summed E-state index contributed by atoms with van der Waals surface area (Å²) in [6.45, 7) is 5.17. The van der Waals surface area contributed by atoms with Crippen LogP contribution >= 0.6 is 0 Å². The largest absolute Gasteiger partial charge is 0.493 e. The molecule has 0 aliphatic heterocycles. The minimum Gasteiger partial charge on any atom is -0.493 e. The minimum atomic E-state index is -3.64. The van der Waals surface area contributed by atoms with E-state index in [1.165, 1.54) is 0 Å². The van der Waals surface area contributed by atoms with E-state index in [1.807, 2.05) is 45.0 Å². The topological polar surface area (TPSA) is 84.9 Å². The Kier molecular flexibility index (Phi) is 7.13. The fourth-order valence-electron chi connectivity index (χ4n) is 3.18. The zero-order valence-electron chi connectivity index (χ0n) is 17.6. The molecule has 0 aliphatic carbocycles. The highest BCUT2D eigenvalue weighted by atomic mass is 32.2. The normalized spacial score (nSPS) is 12.2. The predicted octanol–water partition coefficient (Wildman–Crippen LogP) is 2.96. The molecule has 2 rings (SSSR count). The number of ether oxygens (including phenoxy) is 2. The van der Waals surface area contributed by atoms with Crippen molar-refractivity contribution in [3.05, 3.63) is 53.1 Å². The van der Waals surface area contributed by atoms with Crippen molar-refractivity contribution in [1.29, 1.82) is 0 Å². The van der Waals surface area contributed by atoms with Gasteiger partial charge in [0, 0.05) is 0 Å². The lowest BCUT2D eigenvalue weighted by atomic mass is 10.1. The highest BCUT2D eigenvalue weighted by Crippen LogP contribution is 2.30. The van der Waals surface area contributed by atoms with Gasteiger partial charge in [0.1, 0.15) is 6.54 Å². The quantitative estimate of drug-likeness (QED) is 0.710. The van der Waals surface area contributed by atoms with Gasteiger partial charge in [0.25, 0.3) is 0 Å². The average molecular weight is 421 g/mol. The molecular formula is C21H28N2O5S. The number of nitrogens with one attached hydrogen (secondary N) is 1. The highest BCUT2D eigenvalue weighted by molar-refractivity contribution is 7.92. The van der Waals surface area contributed by atoms with Crippen LogP contribution in [-0.2, 0) is 14.8 Å². The molecule has 0 aromatic heterocycles. The molecule has 7 nitrogen and oxygen atoms in total. The van der Waals surface area contributed by atoms with Gasteiger partial charge in [-0.05, 0) is 49.6 Å². The number of carbonyl (C=O) groups excluding carboxylic acids is 1. The number of carbonyl (C=O) groups is 1. The van der Waals surface area contributed by atoms with Gasteiger partial charge in [-0.1, -0.05) is 24.3 Å². The maximum atomic E-state index is 12.7. The van der Waals surface area contributed by atoms with Crippen molar-refractivity contribution >= 4 is 21.6 Å². The van der Waals surface area contributed by atoms with Gasteiger partial charge >= 0.3 is 0 Å². The number of amides is 1. The van der Waals surface area contributed by atoms with Crippen molar-refractivity contribution in [1.82, 2.24) is 5.32 Å². The molecule has 8 heteroatoms. The molecular weight excluding hydrogens is 392 g/mol. The third-order valence-corrected chi connectivity index (χ3v) is 5.77. The summed E-state index contributed by atoms with van der Waals surface area (Å²) in [5.41, 5.74) is 2.92. The smallest absolute Gasteiger partial charge is 0.241 e. The molecule has 0 fully saturated rings. The van der Waals surface area contributed by atoms with Gasteiger partial charge in [-0.2, -0.15) is 0 Å². The standard InChI is InChI=1S/C21H28N2O5S/c1-14-8-7-9-15(2)21(14)23(29(6,25)26)13-20(24)22-16(3)17-10-11-18(27-4)19(12-17)28-5/h7-12,16H,13H2,1-6H3,(H,22,24)/t16-/m1/s1. The van der Waals surface area contributed by atoms with E-state index in [9.17, 15) is 13.2 Å². The molecule has 0 heterocycles. The molecule has 1 atom stereocenters. The highest BCUT2D eigenvalue weighted by Gasteiger charge is 2.24. The predicted molar refractivity (Wildman–Crippen MR) is 114 cm³/mol. The minimum absolute atomic E-state index is 0.303. The second kappa shape index (κ2) is 9.17. The van der Waals surface area contributed by atoms with Crippen molar-refractivity contribution < 1.29 is 22.7 Å². The van der Waals surface area contributed by atoms with E-state index < -0.39 is 15.9 Å². The SMILES string of the molecule is COc1ccc([C@@H](C)NC(=O)CN(c2c(C)cccc2C)S(C)(=O)=O)cc1OC. The number of nitrogens with zero attached hydrogens (tertiary/aromatic N) is 1. The third-order valence-electron chi connectivity index (χ3n) is 4.66. The van der Waals surface area contributed by atoms with Crippen molar-refractivity contribution in [3.8, 4) is 11.5 Å². The summed E-state index contributed by atoms with van der Waals surface area (Å²) in [6, 6.07) is 10.5. The van der Waals surface area contributed by atoms with Crippen LogP contribution in [0.25, 0.3) is 0 Å². The number of methoxy groups -OCH3 is 2.